The number of halogens is 3. The predicted octanol–water partition coefficient (Wildman–Crippen LogP) is 3.97. The van der Waals surface area contributed by atoms with Crippen LogP contribution in [-0.4, -0.2) is 9.80 Å². The molecule has 0 amide bonds. The van der Waals surface area contributed by atoms with Crippen LogP contribution in [0, 0.1) is 21.4 Å². The molecule has 4 nitrogen and oxygen atoms in total. The Hall–Kier alpha value is -1.02. The van der Waals surface area contributed by atoms with Gasteiger partial charge in [-0.05, 0) is 13.0 Å². The number of hydrogen-bond donors (Lipinski definition) is 0. The molecule has 17 heavy (non-hydrogen) atoms. The Bertz CT molecular complexity index is 509. The lowest BCUT2D eigenvalue weighted by Gasteiger charge is -2.13. The van der Waals surface area contributed by atoms with Crippen molar-refractivity contribution in [3.8, 4) is 6.07 Å². The van der Waals surface area contributed by atoms with Gasteiger partial charge < -0.3 is 0 Å². The van der Waals surface area contributed by atoms with E-state index < -0.39 is 9.80 Å². The van der Waals surface area contributed by atoms with Gasteiger partial charge >= 0.3 is 0 Å². The van der Waals surface area contributed by atoms with Crippen molar-refractivity contribution in [1.82, 2.24) is 0 Å². The molecule has 1 aromatic carbocycles. The molecular formula is C10H7Cl3N2O2. The van der Waals surface area contributed by atoms with Crippen molar-refractivity contribution < 1.29 is 4.92 Å². The average molecular weight is 294 g/mol. The van der Waals surface area contributed by atoms with Crippen LogP contribution in [0.25, 0.3) is 0 Å². The van der Waals surface area contributed by atoms with Gasteiger partial charge in [0, 0.05) is 18.1 Å². The van der Waals surface area contributed by atoms with Gasteiger partial charge in [0.1, 0.15) is 4.87 Å². The van der Waals surface area contributed by atoms with E-state index in [1.807, 2.05) is 6.07 Å². The molecule has 7 heteroatoms. The van der Waals surface area contributed by atoms with Crippen LogP contribution in [0.15, 0.2) is 12.1 Å². The second-order valence-corrected chi connectivity index (χ2v) is 5.29. The smallest absolute Gasteiger partial charge is 0.258 e. The second kappa shape index (κ2) is 5.09. The molecule has 1 aromatic rings. The molecule has 0 N–H and O–H groups in total. The SMILES string of the molecule is CC(Cl)(C#N)Cc1cc(Cl)c(Cl)cc1[N+](=O)[O-]. The molecule has 0 bridgehead atoms. The minimum atomic E-state index is -1.22. The predicted molar refractivity (Wildman–Crippen MR) is 66.7 cm³/mol. The highest BCUT2D eigenvalue weighted by molar-refractivity contribution is 6.42. The lowest BCUT2D eigenvalue weighted by atomic mass is 10.0. The number of alkyl halides is 1. The molecule has 0 aliphatic rings. The summed E-state index contributed by atoms with van der Waals surface area (Å²) in [6, 6.07) is 4.37. The van der Waals surface area contributed by atoms with Crippen LogP contribution < -0.4 is 0 Å². The summed E-state index contributed by atoms with van der Waals surface area (Å²) in [5.74, 6) is 0. The van der Waals surface area contributed by atoms with E-state index in [2.05, 4.69) is 0 Å². The minimum absolute atomic E-state index is 0.0122. The maximum atomic E-state index is 10.8. The highest BCUT2D eigenvalue weighted by Crippen LogP contribution is 2.33. The molecule has 0 spiro atoms. The van der Waals surface area contributed by atoms with Crippen molar-refractivity contribution in [3.63, 3.8) is 0 Å². The first kappa shape index (κ1) is 14.0. The zero-order chi connectivity index (χ0) is 13.2. The van der Waals surface area contributed by atoms with Crippen molar-refractivity contribution >= 4 is 40.5 Å². The molecule has 0 aromatic heterocycles. The van der Waals surface area contributed by atoms with Gasteiger partial charge in [-0.15, -0.1) is 11.6 Å². The molecular weight excluding hydrogens is 286 g/mol. The summed E-state index contributed by atoms with van der Waals surface area (Å²) >= 11 is 17.3. The molecule has 1 unspecified atom stereocenters. The van der Waals surface area contributed by atoms with Crippen molar-refractivity contribution in [3.05, 3.63) is 37.9 Å². The zero-order valence-electron chi connectivity index (χ0n) is 8.71. The van der Waals surface area contributed by atoms with E-state index in [9.17, 15) is 10.1 Å². The van der Waals surface area contributed by atoms with E-state index in [4.69, 9.17) is 40.1 Å². The van der Waals surface area contributed by atoms with Crippen LogP contribution in [0.5, 0.6) is 0 Å². The van der Waals surface area contributed by atoms with E-state index in [0.717, 1.165) is 6.07 Å². The van der Waals surface area contributed by atoms with E-state index in [0.29, 0.717) is 0 Å². The first-order chi connectivity index (χ1) is 7.76. The van der Waals surface area contributed by atoms with E-state index in [-0.39, 0.29) is 27.7 Å². The number of hydrogen-bond acceptors (Lipinski definition) is 3. The fourth-order valence-corrected chi connectivity index (χ4v) is 1.77. The quantitative estimate of drug-likeness (QED) is 0.481. The van der Waals surface area contributed by atoms with Crippen LogP contribution in [0.4, 0.5) is 5.69 Å². The largest absolute Gasteiger partial charge is 0.274 e. The molecule has 0 heterocycles. The third kappa shape index (κ3) is 3.47. The van der Waals surface area contributed by atoms with Gasteiger partial charge in [-0.1, -0.05) is 23.2 Å². The summed E-state index contributed by atoms with van der Waals surface area (Å²) in [5, 5.41) is 19.9. The van der Waals surface area contributed by atoms with Crippen molar-refractivity contribution in [2.75, 3.05) is 0 Å². The van der Waals surface area contributed by atoms with Crippen molar-refractivity contribution in [2.24, 2.45) is 0 Å². The zero-order valence-corrected chi connectivity index (χ0v) is 11.0. The lowest BCUT2D eigenvalue weighted by molar-refractivity contribution is -0.385. The van der Waals surface area contributed by atoms with E-state index in [1.165, 1.54) is 13.0 Å². The monoisotopic (exact) mass is 292 g/mol. The Morgan fingerprint density at radius 2 is 2.00 bits per heavy atom. The third-order valence-corrected chi connectivity index (χ3v) is 3.01. The van der Waals surface area contributed by atoms with Crippen molar-refractivity contribution in [2.45, 2.75) is 18.2 Å². The first-order valence-electron chi connectivity index (χ1n) is 4.49. The number of rotatable bonds is 3. The van der Waals surface area contributed by atoms with E-state index >= 15 is 0 Å². The van der Waals surface area contributed by atoms with Gasteiger partial charge in [0.2, 0.25) is 0 Å². The average Bonchev–Trinajstić information content (AvgIpc) is 2.22. The van der Waals surface area contributed by atoms with E-state index in [1.54, 1.807) is 0 Å². The second-order valence-electron chi connectivity index (χ2n) is 3.64. The minimum Gasteiger partial charge on any atom is -0.258 e. The molecule has 0 radical (unpaired) electrons. The Morgan fingerprint density at radius 3 is 2.47 bits per heavy atom. The summed E-state index contributed by atoms with van der Waals surface area (Å²) in [6.07, 6.45) is 0.0122. The number of nitriles is 1. The first-order valence-corrected chi connectivity index (χ1v) is 5.63. The van der Waals surface area contributed by atoms with Gasteiger partial charge in [-0.2, -0.15) is 5.26 Å². The summed E-state index contributed by atoms with van der Waals surface area (Å²) < 4.78 is 0. The maximum Gasteiger partial charge on any atom is 0.274 e. The normalized spacial score (nSPS) is 13.8. The topological polar surface area (TPSA) is 66.9 Å². The van der Waals surface area contributed by atoms with Gasteiger partial charge in [-0.3, -0.25) is 10.1 Å². The maximum absolute atomic E-state index is 10.8. The fourth-order valence-electron chi connectivity index (χ4n) is 1.29. The summed E-state index contributed by atoms with van der Waals surface area (Å²) in [5.41, 5.74) is 0.0879. The van der Waals surface area contributed by atoms with Gasteiger partial charge in [-0.25, -0.2) is 0 Å². The number of benzene rings is 1. The fraction of sp³-hybridized carbons (Fsp3) is 0.300. The van der Waals surface area contributed by atoms with Gasteiger partial charge in [0.15, 0.2) is 0 Å². The number of nitrogens with zero attached hydrogens (tertiary/aromatic N) is 2. The highest BCUT2D eigenvalue weighted by atomic mass is 35.5. The molecule has 0 saturated carbocycles. The molecule has 90 valence electrons. The van der Waals surface area contributed by atoms with Crippen LogP contribution >= 0.6 is 34.8 Å². The standard InChI is InChI=1S/C10H7Cl3N2O2/c1-10(13,5-14)4-6-2-7(11)8(12)3-9(6)15(16)17/h2-3H,4H2,1H3. The van der Waals surface area contributed by atoms with Crippen LogP contribution in [0.2, 0.25) is 10.0 Å². The van der Waals surface area contributed by atoms with Crippen LogP contribution in [0.1, 0.15) is 12.5 Å². The molecule has 1 atom stereocenters. The molecule has 0 aliphatic heterocycles. The van der Waals surface area contributed by atoms with Crippen molar-refractivity contribution in [1.29, 1.82) is 5.26 Å². The Labute approximate surface area is 113 Å². The molecule has 0 fully saturated rings. The molecule has 0 aliphatic carbocycles. The summed E-state index contributed by atoms with van der Waals surface area (Å²) in [4.78, 5) is 9.04. The highest BCUT2D eigenvalue weighted by Gasteiger charge is 2.26. The lowest BCUT2D eigenvalue weighted by Crippen LogP contribution is -2.17. The van der Waals surface area contributed by atoms with Gasteiger partial charge in [0.25, 0.3) is 5.69 Å². The van der Waals surface area contributed by atoms with Gasteiger partial charge in [0.05, 0.1) is 21.0 Å². The summed E-state index contributed by atoms with van der Waals surface area (Å²) in [7, 11) is 0. The molecule has 1 rings (SSSR count). The number of nitro benzene ring substituents is 1. The Kier molecular flexibility index (Phi) is 4.21. The number of nitro groups is 1. The van der Waals surface area contributed by atoms with Crippen LogP contribution in [0.3, 0.4) is 0 Å². The molecule has 0 saturated heterocycles. The Balaban J connectivity index is 3.28. The summed E-state index contributed by atoms with van der Waals surface area (Å²) in [6.45, 7) is 1.47. The third-order valence-electron chi connectivity index (χ3n) is 2.07. The Morgan fingerprint density at radius 1 is 1.47 bits per heavy atom. The van der Waals surface area contributed by atoms with Crippen LogP contribution in [-0.2, 0) is 6.42 Å².